The predicted octanol–water partition coefficient (Wildman–Crippen LogP) is 3.58. The number of aryl methyl sites for hydroxylation is 1. The van der Waals surface area contributed by atoms with Crippen LogP contribution in [0.2, 0.25) is 0 Å². The number of benzene rings is 2. The van der Waals surface area contributed by atoms with Crippen LogP contribution in [0.4, 0.5) is 5.69 Å². The summed E-state index contributed by atoms with van der Waals surface area (Å²) in [5.74, 6) is -2.64. The average Bonchev–Trinajstić information content (AvgIpc) is 3.41. The molecule has 4 rings (SSSR count). The summed E-state index contributed by atoms with van der Waals surface area (Å²) < 4.78 is 23.2. The first kappa shape index (κ1) is 25.8. The highest BCUT2D eigenvalue weighted by atomic mass is 32.2. The van der Waals surface area contributed by atoms with E-state index < -0.39 is 39.5 Å². The topological polar surface area (TPSA) is 155 Å². The monoisotopic (exact) mass is 514 g/mol. The third-order valence-corrected chi connectivity index (χ3v) is 6.83. The van der Waals surface area contributed by atoms with Crippen LogP contribution in [0.3, 0.4) is 0 Å². The Kier molecular flexibility index (Phi) is 7.54. The summed E-state index contributed by atoms with van der Waals surface area (Å²) in [7, 11) is -3.91. The van der Waals surface area contributed by atoms with Gasteiger partial charge in [-0.1, -0.05) is 35.9 Å². The van der Waals surface area contributed by atoms with Gasteiger partial charge in [0.25, 0.3) is 11.9 Å². The highest BCUT2D eigenvalue weighted by Gasteiger charge is 2.44. The zero-order valence-corrected chi connectivity index (χ0v) is 20.3. The number of aliphatic carboxylic acids is 1. The molecule has 1 aliphatic heterocycles. The van der Waals surface area contributed by atoms with Crippen molar-refractivity contribution in [2.45, 2.75) is 24.8 Å². The molecule has 1 aliphatic rings. The number of aliphatic hydroxyl groups excluding tert-OH is 1. The van der Waals surface area contributed by atoms with Crippen molar-refractivity contribution in [1.82, 2.24) is 0 Å². The van der Waals surface area contributed by atoms with Crippen molar-refractivity contribution in [1.29, 1.82) is 0 Å². The molecular formula is C24H22N2O7S2. The van der Waals surface area contributed by atoms with Gasteiger partial charge in [-0.05, 0) is 48.2 Å². The van der Waals surface area contributed by atoms with Gasteiger partial charge in [-0.25, -0.2) is 13.6 Å². The number of sulfonamides is 1. The highest BCUT2D eigenvalue weighted by molar-refractivity contribution is 7.89. The van der Waals surface area contributed by atoms with Gasteiger partial charge in [-0.15, -0.1) is 11.3 Å². The molecule has 2 heterocycles. The van der Waals surface area contributed by atoms with Crippen molar-refractivity contribution in [3.05, 3.63) is 93.4 Å². The lowest BCUT2D eigenvalue weighted by Crippen LogP contribution is -2.31. The number of carboxylic acids is 1. The van der Waals surface area contributed by atoms with Gasteiger partial charge in [-0.3, -0.25) is 19.3 Å². The van der Waals surface area contributed by atoms with Crippen LogP contribution in [-0.2, 0) is 19.6 Å². The zero-order chi connectivity index (χ0) is 25.9. The standard InChI is InChI=1S/C22H18N2O5S2.C2H4O2/c1-13-4-6-14(7-5-13)19-18(20(25)17-3-2-12-30-17)21(26)22(27)24(19)15-8-10-16(11-9-15)31(23,28)29;1-2(3)4/h2-12,19,26H,1H3,(H2,23,28,29);1H3,(H,3,4). The number of aliphatic hydroxyl groups is 1. The molecule has 0 saturated carbocycles. The summed E-state index contributed by atoms with van der Waals surface area (Å²) >= 11 is 1.22. The molecule has 0 bridgehead atoms. The van der Waals surface area contributed by atoms with Crippen LogP contribution in [0.25, 0.3) is 0 Å². The molecule has 0 radical (unpaired) electrons. The van der Waals surface area contributed by atoms with E-state index in [2.05, 4.69) is 0 Å². The normalized spacial score (nSPS) is 15.6. The molecule has 1 unspecified atom stereocenters. The molecule has 11 heteroatoms. The number of hydrogen-bond donors (Lipinski definition) is 3. The lowest BCUT2D eigenvalue weighted by molar-refractivity contribution is -0.134. The zero-order valence-electron chi connectivity index (χ0n) is 18.7. The molecule has 1 amide bonds. The molecule has 182 valence electrons. The molecular weight excluding hydrogens is 492 g/mol. The fraction of sp³-hybridized carbons (Fsp3) is 0.125. The van der Waals surface area contributed by atoms with Crippen LogP contribution in [0.1, 0.15) is 33.8 Å². The Hall–Kier alpha value is -3.80. The van der Waals surface area contributed by atoms with Gasteiger partial charge in [0.2, 0.25) is 15.8 Å². The molecule has 0 aliphatic carbocycles. The average molecular weight is 515 g/mol. The first-order chi connectivity index (χ1) is 16.4. The van der Waals surface area contributed by atoms with Gasteiger partial charge >= 0.3 is 0 Å². The fourth-order valence-electron chi connectivity index (χ4n) is 3.50. The number of amides is 1. The van der Waals surface area contributed by atoms with E-state index >= 15 is 0 Å². The van der Waals surface area contributed by atoms with Gasteiger partial charge in [-0.2, -0.15) is 0 Å². The van der Waals surface area contributed by atoms with Crippen LogP contribution in [0, 0.1) is 6.92 Å². The van der Waals surface area contributed by atoms with Gasteiger partial charge < -0.3 is 10.2 Å². The summed E-state index contributed by atoms with van der Waals surface area (Å²) in [6, 6.07) is 15.2. The number of carbonyl (C=O) groups excluding carboxylic acids is 2. The molecule has 1 aromatic heterocycles. The summed E-state index contributed by atoms with van der Waals surface area (Å²) in [5.41, 5.74) is 1.94. The van der Waals surface area contributed by atoms with Crippen LogP contribution in [-0.4, -0.2) is 36.3 Å². The third-order valence-electron chi connectivity index (χ3n) is 5.03. The van der Waals surface area contributed by atoms with Gasteiger partial charge in [0.1, 0.15) is 0 Å². The maximum Gasteiger partial charge on any atom is 0.300 e. The minimum atomic E-state index is -3.91. The Morgan fingerprint density at radius 3 is 2.09 bits per heavy atom. The fourth-order valence-corrected chi connectivity index (χ4v) is 4.70. The maximum absolute atomic E-state index is 13.2. The van der Waals surface area contributed by atoms with Crippen LogP contribution >= 0.6 is 11.3 Å². The Balaban J connectivity index is 0.000000795. The van der Waals surface area contributed by atoms with Crippen molar-refractivity contribution < 1.29 is 33.0 Å². The maximum atomic E-state index is 13.2. The number of carboxylic acid groups (broad SMARTS) is 1. The Morgan fingerprint density at radius 1 is 1.03 bits per heavy atom. The van der Waals surface area contributed by atoms with Crippen LogP contribution in [0.15, 0.2) is 82.3 Å². The van der Waals surface area contributed by atoms with E-state index in [4.69, 9.17) is 15.0 Å². The van der Waals surface area contributed by atoms with E-state index in [9.17, 15) is 23.1 Å². The van der Waals surface area contributed by atoms with E-state index in [1.807, 2.05) is 19.1 Å². The summed E-state index contributed by atoms with van der Waals surface area (Å²) in [5, 5.41) is 25.0. The number of carbonyl (C=O) groups is 3. The Morgan fingerprint density at radius 2 is 1.60 bits per heavy atom. The molecule has 4 N–H and O–H groups in total. The van der Waals surface area contributed by atoms with E-state index in [0.29, 0.717) is 16.1 Å². The number of anilines is 1. The third kappa shape index (κ3) is 5.65. The van der Waals surface area contributed by atoms with Gasteiger partial charge in [0, 0.05) is 12.6 Å². The smallest absolute Gasteiger partial charge is 0.300 e. The Bertz CT molecular complexity index is 1390. The number of primary sulfonamides is 1. The van der Waals surface area contributed by atoms with E-state index in [0.717, 1.165) is 12.5 Å². The van der Waals surface area contributed by atoms with Crippen molar-refractivity contribution in [2.75, 3.05) is 4.90 Å². The molecule has 0 spiro atoms. The number of rotatable bonds is 5. The lowest BCUT2D eigenvalue weighted by atomic mass is 9.94. The van der Waals surface area contributed by atoms with E-state index in [1.165, 1.54) is 40.5 Å². The van der Waals surface area contributed by atoms with E-state index in [1.54, 1.807) is 29.6 Å². The van der Waals surface area contributed by atoms with Crippen LogP contribution < -0.4 is 10.0 Å². The quantitative estimate of drug-likeness (QED) is 0.440. The number of nitrogens with zero attached hydrogens (tertiary/aromatic N) is 1. The summed E-state index contributed by atoms with van der Waals surface area (Å²) in [4.78, 5) is 36.8. The SMILES string of the molecule is CC(=O)O.Cc1ccc(C2C(C(=O)c3cccs3)=C(O)C(=O)N2c2ccc(S(N)(=O)=O)cc2)cc1. The molecule has 2 aromatic carbocycles. The number of ketones is 1. The predicted molar refractivity (Wildman–Crippen MR) is 131 cm³/mol. The first-order valence-electron chi connectivity index (χ1n) is 10.2. The minimum Gasteiger partial charge on any atom is -0.503 e. The van der Waals surface area contributed by atoms with E-state index in [-0.39, 0.29) is 10.5 Å². The Labute approximate surface area is 205 Å². The second kappa shape index (κ2) is 10.2. The van der Waals surface area contributed by atoms with Gasteiger partial charge in [0.15, 0.2) is 5.76 Å². The molecule has 9 nitrogen and oxygen atoms in total. The minimum absolute atomic E-state index is 0.0215. The van der Waals surface area contributed by atoms with Gasteiger partial charge in [0.05, 0.1) is 21.4 Å². The largest absolute Gasteiger partial charge is 0.503 e. The van der Waals surface area contributed by atoms with Crippen molar-refractivity contribution in [2.24, 2.45) is 5.14 Å². The second-order valence-electron chi connectivity index (χ2n) is 7.62. The van der Waals surface area contributed by atoms with Crippen molar-refractivity contribution in [3.8, 4) is 0 Å². The van der Waals surface area contributed by atoms with Crippen molar-refractivity contribution >= 4 is 44.7 Å². The number of nitrogens with two attached hydrogens (primary N) is 1. The highest BCUT2D eigenvalue weighted by Crippen LogP contribution is 2.42. The van der Waals surface area contributed by atoms with Crippen molar-refractivity contribution in [3.63, 3.8) is 0 Å². The molecule has 0 fully saturated rings. The summed E-state index contributed by atoms with van der Waals surface area (Å²) in [6.07, 6.45) is 0. The summed E-state index contributed by atoms with van der Waals surface area (Å²) in [6.45, 7) is 3.00. The molecule has 3 aromatic rings. The molecule has 35 heavy (non-hydrogen) atoms. The van der Waals surface area contributed by atoms with Crippen LogP contribution in [0.5, 0.6) is 0 Å². The lowest BCUT2D eigenvalue weighted by Gasteiger charge is -2.27. The first-order valence-corrected chi connectivity index (χ1v) is 12.6. The number of thiophene rings is 1. The number of Topliss-reactive ketones (excluding diaryl/α,β-unsaturated/α-hetero) is 1. The molecule has 1 atom stereocenters. The molecule has 0 saturated heterocycles. The number of hydrogen-bond acceptors (Lipinski definition) is 7. The second-order valence-corrected chi connectivity index (χ2v) is 10.1.